The summed E-state index contributed by atoms with van der Waals surface area (Å²) in [5.74, 6) is 0.148. The zero-order chi connectivity index (χ0) is 9.84. The smallest absolute Gasteiger partial charge is 0.188 e. The number of rotatable bonds is 3. The third-order valence-corrected chi connectivity index (χ3v) is 2.72. The van der Waals surface area contributed by atoms with E-state index in [1.54, 1.807) is 13.1 Å². The molecule has 3 nitrogen and oxygen atoms in total. The summed E-state index contributed by atoms with van der Waals surface area (Å²) < 4.78 is 0. The number of thioether (sulfide) groups is 1. The number of aromatic nitrogens is 2. The normalized spacial score (nSPS) is 12.5. The van der Waals surface area contributed by atoms with Gasteiger partial charge in [-0.25, -0.2) is 9.97 Å². The first-order chi connectivity index (χ1) is 6.09. The topological polar surface area (TPSA) is 42.9 Å². The molecule has 1 unspecified atom stereocenters. The molecule has 0 aliphatic rings. The van der Waals surface area contributed by atoms with Gasteiger partial charge < -0.3 is 0 Å². The summed E-state index contributed by atoms with van der Waals surface area (Å²) in [6.07, 6.45) is 1.71. The molecule has 1 aromatic rings. The number of hydrogen-bond acceptors (Lipinski definition) is 4. The molecule has 0 fully saturated rings. The Balaban J connectivity index is 2.69. The van der Waals surface area contributed by atoms with Gasteiger partial charge in [-0.15, -0.1) is 0 Å². The van der Waals surface area contributed by atoms with Crippen molar-refractivity contribution in [3.63, 3.8) is 0 Å². The van der Waals surface area contributed by atoms with Crippen LogP contribution in [0.15, 0.2) is 17.4 Å². The van der Waals surface area contributed by atoms with Crippen LogP contribution in [0.1, 0.15) is 19.5 Å². The van der Waals surface area contributed by atoms with Gasteiger partial charge in [0.2, 0.25) is 0 Å². The average molecular weight is 196 g/mol. The van der Waals surface area contributed by atoms with Crippen LogP contribution in [0, 0.1) is 6.92 Å². The van der Waals surface area contributed by atoms with E-state index in [4.69, 9.17) is 0 Å². The maximum atomic E-state index is 11.0. The Labute approximate surface area is 82.0 Å². The molecule has 0 saturated carbocycles. The second-order valence-electron chi connectivity index (χ2n) is 2.85. The van der Waals surface area contributed by atoms with E-state index in [9.17, 15) is 4.79 Å². The third-order valence-electron chi connectivity index (χ3n) is 1.63. The number of carbonyl (C=O) groups is 1. The molecule has 0 aromatic carbocycles. The van der Waals surface area contributed by atoms with E-state index in [0.717, 1.165) is 5.69 Å². The molecule has 0 N–H and O–H groups in total. The molecule has 70 valence electrons. The van der Waals surface area contributed by atoms with Crippen LogP contribution in [0.3, 0.4) is 0 Å². The lowest BCUT2D eigenvalue weighted by Gasteiger charge is -2.05. The average Bonchev–Trinajstić information content (AvgIpc) is 2.04. The van der Waals surface area contributed by atoms with Crippen molar-refractivity contribution in [3.8, 4) is 0 Å². The fraction of sp³-hybridized carbons (Fsp3) is 0.444. The van der Waals surface area contributed by atoms with E-state index >= 15 is 0 Å². The Bertz CT molecular complexity index is 314. The monoisotopic (exact) mass is 196 g/mol. The summed E-state index contributed by atoms with van der Waals surface area (Å²) in [4.78, 5) is 19.2. The Morgan fingerprint density at radius 2 is 2.31 bits per heavy atom. The molecule has 1 aromatic heterocycles. The molecular formula is C9H12N2OS. The lowest BCUT2D eigenvalue weighted by Crippen LogP contribution is -2.08. The minimum atomic E-state index is -0.0678. The van der Waals surface area contributed by atoms with Crippen molar-refractivity contribution in [2.24, 2.45) is 0 Å². The fourth-order valence-electron chi connectivity index (χ4n) is 0.724. The predicted molar refractivity (Wildman–Crippen MR) is 52.8 cm³/mol. The fourth-order valence-corrected chi connectivity index (χ4v) is 1.52. The molecule has 0 saturated heterocycles. The predicted octanol–water partition coefficient (Wildman–Crippen LogP) is 1.85. The van der Waals surface area contributed by atoms with Gasteiger partial charge in [-0.05, 0) is 26.8 Å². The van der Waals surface area contributed by atoms with E-state index in [2.05, 4.69) is 9.97 Å². The van der Waals surface area contributed by atoms with Crippen molar-refractivity contribution in [1.82, 2.24) is 9.97 Å². The zero-order valence-electron chi connectivity index (χ0n) is 7.94. The number of aryl methyl sites for hydroxylation is 1. The second kappa shape index (κ2) is 4.37. The first kappa shape index (κ1) is 10.2. The molecule has 0 spiro atoms. The van der Waals surface area contributed by atoms with Gasteiger partial charge >= 0.3 is 0 Å². The number of hydrogen-bond donors (Lipinski definition) is 0. The standard InChI is InChI=1S/C9H12N2OS/c1-6-4-5-10-9(11-6)13-8(3)7(2)12/h4-5,8H,1-3H3. The summed E-state index contributed by atoms with van der Waals surface area (Å²) in [6.45, 7) is 5.34. The van der Waals surface area contributed by atoms with Crippen LogP contribution in [-0.2, 0) is 4.79 Å². The van der Waals surface area contributed by atoms with Gasteiger partial charge in [-0.2, -0.15) is 0 Å². The van der Waals surface area contributed by atoms with Crippen molar-refractivity contribution in [2.75, 3.05) is 0 Å². The molecule has 0 aliphatic heterocycles. The van der Waals surface area contributed by atoms with Crippen molar-refractivity contribution in [1.29, 1.82) is 0 Å². The molecule has 0 amide bonds. The lowest BCUT2D eigenvalue weighted by atomic mass is 10.3. The molecule has 4 heteroatoms. The molecule has 0 bridgehead atoms. The second-order valence-corrected chi connectivity index (χ2v) is 4.16. The summed E-state index contributed by atoms with van der Waals surface area (Å²) in [5, 5.41) is 0.601. The van der Waals surface area contributed by atoms with Crippen LogP contribution < -0.4 is 0 Å². The van der Waals surface area contributed by atoms with Gasteiger partial charge in [-0.1, -0.05) is 11.8 Å². The zero-order valence-corrected chi connectivity index (χ0v) is 8.76. The Kier molecular flexibility index (Phi) is 3.42. The lowest BCUT2D eigenvalue weighted by molar-refractivity contribution is -0.116. The first-order valence-electron chi connectivity index (χ1n) is 4.06. The highest BCUT2D eigenvalue weighted by Crippen LogP contribution is 2.19. The van der Waals surface area contributed by atoms with Crippen LogP contribution in [0.4, 0.5) is 0 Å². The molecule has 1 heterocycles. The maximum absolute atomic E-state index is 11.0. The highest BCUT2D eigenvalue weighted by atomic mass is 32.2. The van der Waals surface area contributed by atoms with Crippen molar-refractivity contribution in [3.05, 3.63) is 18.0 Å². The summed E-state index contributed by atoms with van der Waals surface area (Å²) in [6, 6.07) is 1.84. The quantitative estimate of drug-likeness (QED) is 0.546. The molecular weight excluding hydrogens is 184 g/mol. The summed E-state index contributed by atoms with van der Waals surface area (Å²) in [7, 11) is 0. The van der Waals surface area contributed by atoms with Crippen LogP contribution in [0.25, 0.3) is 0 Å². The highest BCUT2D eigenvalue weighted by Gasteiger charge is 2.10. The molecule has 1 atom stereocenters. The van der Waals surface area contributed by atoms with Gasteiger partial charge in [0.1, 0.15) is 5.78 Å². The van der Waals surface area contributed by atoms with Crippen LogP contribution in [0.2, 0.25) is 0 Å². The van der Waals surface area contributed by atoms with Gasteiger partial charge in [0.15, 0.2) is 5.16 Å². The van der Waals surface area contributed by atoms with Crippen molar-refractivity contribution < 1.29 is 4.79 Å². The highest BCUT2D eigenvalue weighted by molar-refractivity contribution is 8.00. The number of nitrogens with zero attached hydrogens (tertiary/aromatic N) is 2. The van der Waals surface area contributed by atoms with Gasteiger partial charge in [0.05, 0.1) is 5.25 Å². The van der Waals surface area contributed by atoms with E-state index < -0.39 is 0 Å². The molecule has 0 radical (unpaired) electrons. The van der Waals surface area contributed by atoms with Crippen molar-refractivity contribution >= 4 is 17.5 Å². The Morgan fingerprint density at radius 3 is 2.85 bits per heavy atom. The van der Waals surface area contributed by atoms with E-state index in [0.29, 0.717) is 5.16 Å². The van der Waals surface area contributed by atoms with E-state index in [1.807, 2.05) is 19.9 Å². The van der Waals surface area contributed by atoms with Crippen LogP contribution >= 0.6 is 11.8 Å². The Morgan fingerprint density at radius 1 is 1.62 bits per heavy atom. The minimum absolute atomic E-state index is 0.0678. The number of Topliss-reactive ketones (excluding diaryl/α,β-unsaturated/α-hetero) is 1. The first-order valence-corrected chi connectivity index (χ1v) is 4.94. The van der Waals surface area contributed by atoms with Crippen molar-refractivity contribution in [2.45, 2.75) is 31.2 Å². The van der Waals surface area contributed by atoms with Gasteiger partial charge in [0, 0.05) is 11.9 Å². The maximum Gasteiger partial charge on any atom is 0.188 e. The van der Waals surface area contributed by atoms with E-state index in [-0.39, 0.29) is 11.0 Å². The molecule has 1 rings (SSSR count). The number of ketones is 1. The summed E-state index contributed by atoms with van der Waals surface area (Å²) in [5.41, 5.74) is 0.924. The summed E-state index contributed by atoms with van der Waals surface area (Å²) >= 11 is 1.39. The largest absolute Gasteiger partial charge is 0.299 e. The van der Waals surface area contributed by atoms with Crippen LogP contribution in [-0.4, -0.2) is 21.0 Å². The number of carbonyl (C=O) groups excluding carboxylic acids is 1. The third kappa shape index (κ3) is 3.14. The molecule has 13 heavy (non-hydrogen) atoms. The van der Waals surface area contributed by atoms with Crippen LogP contribution in [0.5, 0.6) is 0 Å². The minimum Gasteiger partial charge on any atom is -0.299 e. The van der Waals surface area contributed by atoms with Gasteiger partial charge in [0.25, 0.3) is 0 Å². The molecule has 0 aliphatic carbocycles. The SMILES string of the molecule is CC(=O)C(C)Sc1nccc(C)n1. The van der Waals surface area contributed by atoms with Gasteiger partial charge in [-0.3, -0.25) is 4.79 Å². The Hall–Kier alpha value is -0.900. The van der Waals surface area contributed by atoms with E-state index in [1.165, 1.54) is 11.8 Å².